The lowest BCUT2D eigenvalue weighted by Gasteiger charge is -2.39. The minimum Gasteiger partial charge on any atom is -0.497 e. The average Bonchev–Trinajstić information content (AvgIpc) is 2.82. The Morgan fingerprint density at radius 2 is 1.64 bits per heavy atom. The zero-order chi connectivity index (χ0) is 27.0. The molecule has 1 saturated heterocycles. The molecule has 1 atom stereocenters. The van der Waals surface area contributed by atoms with Crippen molar-refractivity contribution < 1.29 is 27.5 Å². The molecular weight excluding hydrogens is 480 g/mol. The van der Waals surface area contributed by atoms with Crippen LogP contribution in [0.2, 0.25) is 0 Å². The van der Waals surface area contributed by atoms with Gasteiger partial charge in [-0.25, -0.2) is 13.1 Å². The Hall–Kier alpha value is -2.13. The van der Waals surface area contributed by atoms with Crippen LogP contribution < -0.4 is 9.46 Å². The van der Waals surface area contributed by atoms with E-state index in [1.54, 1.807) is 37.8 Å². The van der Waals surface area contributed by atoms with Crippen LogP contribution >= 0.6 is 0 Å². The monoisotopic (exact) mass is 524 g/mol. The first-order valence-corrected chi connectivity index (χ1v) is 14.5. The lowest BCUT2D eigenvalue weighted by molar-refractivity contribution is -0.176. The maximum atomic E-state index is 13.9. The number of carbonyl (C=O) groups is 2. The molecule has 1 aliphatic rings. The second-order valence-corrected chi connectivity index (χ2v) is 12.8. The van der Waals surface area contributed by atoms with E-state index in [1.165, 1.54) is 19.2 Å². The van der Waals surface area contributed by atoms with Gasteiger partial charge in [-0.1, -0.05) is 13.8 Å². The van der Waals surface area contributed by atoms with Crippen molar-refractivity contribution in [3.8, 4) is 5.75 Å². The Morgan fingerprint density at radius 3 is 2.17 bits per heavy atom. The third-order valence-electron chi connectivity index (χ3n) is 6.43. The molecule has 0 aliphatic carbocycles. The Balaban J connectivity index is 2.24. The van der Waals surface area contributed by atoms with Crippen LogP contribution in [-0.2, 0) is 24.3 Å². The molecule has 36 heavy (non-hydrogen) atoms. The lowest BCUT2D eigenvalue weighted by Crippen LogP contribution is -2.52. The van der Waals surface area contributed by atoms with E-state index < -0.39 is 27.0 Å². The smallest absolute Gasteiger partial charge is 0.322 e. The molecule has 1 amide bonds. The molecule has 1 fully saturated rings. The van der Waals surface area contributed by atoms with E-state index in [0.29, 0.717) is 44.0 Å². The summed E-state index contributed by atoms with van der Waals surface area (Å²) in [4.78, 5) is 29.5. The largest absolute Gasteiger partial charge is 0.497 e. The molecule has 8 nitrogen and oxygen atoms in total. The highest BCUT2D eigenvalue weighted by molar-refractivity contribution is 7.89. The van der Waals surface area contributed by atoms with Crippen molar-refractivity contribution in [3.05, 3.63) is 24.3 Å². The highest BCUT2D eigenvalue weighted by Gasteiger charge is 2.49. The molecule has 0 saturated carbocycles. The summed E-state index contributed by atoms with van der Waals surface area (Å²) in [6.07, 6.45) is 4.52. The molecule has 1 heterocycles. The number of hydrogen-bond donors (Lipinski definition) is 1. The molecule has 0 bridgehead atoms. The summed E-state index contributed by atoms with van der Waals surface area (Å²) in [5.41, 5.74) is -2.07. The third-order valence-corrected chi connectivity index (χ3v) is 7.91. The van der Waals surface area contributed by atoms with Crippen LogP contribution in [0.15, 0.2) is 29.2 Å². The molecule has 0 unspecified atom stereocenters. The first kappa shape index (κ1) is 30.1. The van der Waals surface area contributed by atoms with Crippen LogP contribution in [0.1, 0.15) is 79.6 Å². The summed E-state index contributed by atoms with van der Waals surface area (Å²) in [7, 11) is -2.22. The van der Waals surface area contributed by atoms with Crippen LogP contribution in [0.3, 0.4) is 0 Å². The zero-order valence-corrected chi connectivity index (χ0v) is 23.6. The van der Waals surface area contributed by atoms with Crippen LogP contribution in [0.25, 0.3) is 0 Å². The van der Waals surface area contributed by atoms with E-state index in [2.05, 4.69) is 18.6 Å². The van der Waals surface area contributed by atoms with Crippen LogP contribution in [0.4, 0.5) is 0 Å². The maximum Gasteiger partial charge on any atom is 0.322 e. The summed E-state index contributed by atoms with van der Waals surface area (Å²) in [6.45, 7) is 10.9. The zero-order valence-electron chi connectivity index (χ0n) is 22.8. The van der Waals surface area contributed by atoms with E-state index in [0.717, 1.165) is 19.3 Å². The van der Waals surface area contributed by atoms with Crippen LogP contribution in [0, 0.1) is 11.3 Å². The molecule has 0 radical (unpaired) electrons. The van der Waals surface area contributed by atoms with E-state index in [1.807, 2.05) is 0 Å². The van der Waals surface area contributed by atoms with Gasteiger partial charge in [-0.15, -0.1) is 0 Å². The maximum absolute atomic E-state index is 13.9. The van der Waals surface area contributed by atoms with Gasteiger partial charge in [0, 0.05) is 19.6 Å². The van der Waals surface area contributed by atoms with Gasteiger partial charge in [0.05, 0.1) is 12.0 Å². The van der Waals surface area contributed by atoms with Gasteiger partial charge in [-0.05, 0) is 95.9 Å². The molecule has 1 aliphatic heterocycles. The van der Waals surface area contributed by atoms with E-state index in [9.17, 15) is 18.0 Å². The number of amides is 1. The fourth-order valence-corrected chi connectivity index (χ4v) is 5.45. The predicted octanol–water partition coefficient (Wildman–Crippen LogP) is 4.53. The summed E-state index contributed by atoms with van der Waals surface area (Å²) < 4.78 is 39.0. The number of esters is 1. The quantitative estimate of drug-likeness (QED) is 0.245. The van der Waals surface area contributed by atoms with Gasteiger partial charge in [0.2, 0.25) is 15.9 Å². The average molecular weight is 525 g/mol. The van der Waals surface area contributed by atoms with Gasteiger partial charge in [-0.2, -0.15) is 0 Å². The highest BCUT2D eigenvalue weighted by Crippen LogP contribution is 2.37. The third kappa shape index (κ3) is 8.47. The van der Waals surface area contributed by atoms with Crippen molar-refractivity contribution in [2.75, 3.05) is 26.7 Å². The second kappa shape index (κ2) is 12.9. The van der Waals surface area contributed by atoms with Crippen molar-refractivity contribution in [2.24, 2.45) is 11.3 Å². The minimum atomic E-state index is -3.74. The van der Waals surface area contributed by atoms with Gasteiger partial charge < -0.3 is 14.4 Å². The fraction of sp³-hybridized carbons (Fsp3) is 0.704. The van der Waals surface area contributed by atoms with Crippen LogP contribution in [-0.4, -0.2) is 57.5 Å². The molecule has 0 aromatic heterocycles. The standard InChI is InChI=1S/C27H44N2O6S/c1-21(2)15-17-27(25(31)35-26(3,4)5,24(30)29-19-8-7-9-20-29)16-10-18-28-36(32,33)23-13-11-22(34-6)12-14-23/h11-14,21,28H,7-10,15-20H2,1-6H3/t27-/m1/s1. The van der Waals surface area contributed by atoms with E-state index >= 15 is 0 Å². The molecular formula is C27H44N2O6S. The van der Waals surface area contributed by atoms with Crippen molar-refractivity contribution in [2.45, 2.75) is 90.1 Å². The molecule has 9 heteroatoms. The predicted molar refractivity (Wildman–Crippen MR) is 140 cm³/mol. The number of hydrogen-bond acceptors (Lipinski definition) is 6. The Labute approximate surface area is 217 Å². The number of nitrogens with zero attached hydrogens (tertiary/aromatic N) is 1. The molecule has 204 valence electrons. The number of likely N-dealkylation sites (tertiary alicyclic amines) is 1. The van der Waals surface area contributed by atoms with Gasteiger partial charge in [0.1, 0.15) is 16.8 Å². The Bertz CT molecular complexity index is 963. The Morgan fingerprint density at radius 1 is 1.03 bits per heavy atom. The summed E-state index contributed by atoms with van der Waals surface area (Å²) >= 11 is 0. The number of piperidine rings is 1. The number of sulfonamides is 1. The first-order chi connectivity index (χ1) is 16.8. The van der Waals surface area contributed by atoms with E-state index in [-0.39, 0.29) is 23.8 Å². The molecule has 1 N–H and O–H groups in total. The van der Waals surface area contributed by atoms with E-state index in [4.69, 9.17) is 9.47 Å². The van der Waals surface area contributed by atoms with Gasteiger partial charge >= 0.3 is 5.97 Å². The highest BCUT2D eigenvalue weighted by atomic mass is 32.2. The van der Waals surface area contributed by atoms with Gasteiger partial charge in [0.15, 0.2) is 0 Å². The van der Waals surface area contributed by atoms with Crippen molar-refractivity contribution in [1.82, 2.24) is 9.62 Å². The van der Waals surface area contributed by atoms with Gasteiger partial charge in [0.25, 0.3) is 0 Å². The fourth-order valence-electron chi connectivity index (χ4n) is 4.38. The first-order valence-electron chi connectivity index (χ1n) is 13.0. The Kier molecular flexibility index (Phi) is 10.8. The SMILES string of the molecule is COc1ccc(S(=O)(=O)NCCC[C@](CCC(C)C)(C(=O)OC(C)(C)C)C(=O)N2CCCCC2)cc1. The number of nitrogens with one attached hydrogen (secondary N) is 1. The summed E-state index contributed by atoms with van der Waals surface area (Å²) in [5, 5.41) is 0. The number of methoxy groups -OCH3 is 1. The van der Waals surface area contributed by atoms with Gasteiger partial charge in [-0.3, -0.25) is 9.59 Å². The second-order valence-electron chi connectivity index (χ2n) is 11.0. The number of rotatable bonds is 12. The van der Waals surface area contributed by atoms with Crippen molar-refractivity contribution >= 4 is 21.9 Å². The molecule has 2 rings (SSSR count). The molecule has 0 spiro atoms. The van der Waals surface area contributed by atoms with Crippen molar-refractivity contribution in [3.63, 3.8) is 0 Å². The topological polar surface area (TPSA) is 102 Å². The molecule has 1 aromatic carbocycles. The summed E-state index contributed by atoms with van der Waals surface area (Å²) in [6, 6.07) is 6.14. The summed E-state index contributed by atoms with van der Waals surface area (Å²) in [5.74, 6) is 0.173. The minimum absolute atomic E-state index is 0.105. The number of benzene rings is 1. The number of ether oxygens (including phenoxy) is 2. The normalized spacial score (nSPS) is 16.5. The lowest BCUT2D eigenvalue weighted by atomic mass is 9.75. The van der Waals surface area contributed by atoms with Crippen LogP contribution in [0.5, 0.6) is 5.75 Å². The number of carbonyl (C=O) groups excluding carboxylic acids is 2. The van der Waals surface area contributed by atoms with Crippen molar-refractivity contribution in [1.29, 1.82) is 0 Å². The molecule has 1 aromatic rings.